The van der Waals surface area contributed by atoms with E-state index >= 15 is 0 Å². The van der Waals surface area contributed by atoms with Crippen molar-refractivity contribution in [3.63, 3.8) is 0 Å². The van der Waals surface area contributed by atoms with Crippen molar-refractivity contribution in [3.05, 3.63) is 5.01 Å². The van der Waals surface area contributed by atoms with Crippen LogP contribution in [0.4, 0.5) is 18.3 Å². The molecule has 0 saturated heterocycles. The highest BCUT2D eigenvalue weighted by Gasteiger charge is 2.36. The molecule has 1 N–H and O–H groups in total. The second kappa shape index (κ2) is 5.21. The van der Waals surface area contributed by atoms with Gasteiger partial charge in [-0.25, -0.2) is 0 Å². The van der Waals surface area contributed by atoms with Gasteiger partial charge in [0.1, 0.15) is 0 Å². The summed E-state index contributed by atoms with van der Waals surface area (Å²) >= 11 is 6.49. The molecule has 0 bridgehead atoms. The lowest BCUT2D eigenvalue weighted by atomic mass is 9.89. The third-order valence-electron chi connectivity index (χ3n) is 3.23. The van der Waals surface area contributed by atoms with E-state index in [0.29, 0.717) is 23.8 Å². The first-order valence-corrected chi connectivity index (χ1v) is 7.01. The van der Waals surface area contributed by atoms with Crippen molar-refractivity contribution < 1.29 is 13.2 Å². The van der Waals surface area contributed by atoms with Crippen molar-refractivity contribution in [2.24, 2.45) is 5.41 Å². The second-order valence-corrected chi connectivity index (χ2v) is 5.85. The van der Waals surface area contributed by atoms with Crippen LogP contribution in [0.3, 0.4) is 0 Å². The minimum Gasteiger partial charge on any atom is -0.359 e. The number of halogens is 4. The molecule has 1 aromatic rings. The standard InChI is InChI=1S/C10H13ClF3N3S/c11-5-9(3-1-2-4-9)6-15-8-17-16-7(18-8)10(12,13)14/h1-6H2,(H,15,17). The molecule has 102 valence electrons. The van der Waals surface area contributed by atoms with Crippen molar-refractivity contribution in [2.45, 2.75) is 31.9 Å². The van der Waals surface area contributed by atoms with Crippen LogP contribution in [0.15, 0.2) is 0 Å². The zero-order valence-corrected chi connectivity index (χ0v) is 11.1. The van der Waals surface area contributed by atoms with Gasteiger partial charge in [-0.3, -0.25) is 0 Å². The minimum atomic E-state index is -4.42. The van der Waals surface area contributed by atoms with Gasteiger partial charge < -0.3 is 5.32 Å². The number of nitrogens with one attached hydrogen (secondary N) is 1. The second-order valence-electron chi connectivity index (χ2n) is 4.60. The van der Waals surface area contributed by atoms with Crippen LogP contribution in [0, 0.1) is 5.41 Å². The molecule has 0 spiro atoms. The number of aromatic nitrogens is 2. The maximum Gasteiger partial charge on any atom is 0.445 e. The molecular weight excluding hydrogens is 287 g/mol. The fourth-order valence-electron chi connectivity index (χ4n) is 2.15. The van der Waals surface area contributed by atoms with Gasteiger partial charge in [0, 0.05) is 17.8 Å². The highest BCUT2D eigenvalue weighted by Crippen LogP contribution is 2.40. The Bertz CT molecular complexity index is 401. The summed E-state index contributed by atoms with van der Waals surface area (Å²) in [5, 5.41) is 8.85. The zero-order chi connectivity index (χ0) is 13.2. The van der Waals surface area contributed by atoms with E-state index in [2.05, 4.69) is 15.5 Å². The highest BCUT2D eigenvalue weighted by atomic mass is 35.5. The van der Waals surface area contributed by atoms with Crippen LogP contribution >= 0.6 is 22.9 Å². The molecule has 1 saturated carbocycles. The molecule has 0 atom stereocenters. The topological polar surface area (TPSA) is 37.8 Å². The fourth-order valence-corrected chi connectivity index (χ4v) is 3.12. The average molecular weight is 300 g/mol. The molecule has 1 heterocycles. The normalized spacial score (nSPS) is 19.1. The molecule has 1 fully saturated rings. The third kappa shape index (κ3) is 3.06. The van der Waals surface area contributed by atoms with Gasteiger partial charge >= 0.3 is 6.18 Å². The van der Waals surface area contributed by atoms with E-state index in [9.17, 15) is 13.2 Å². The number of nitrogens with zero attached hydrogens (tertiary/aromatic N) is 2. The summed E-state index contributed by atoms with van der Waals surface area (Å²) in [5.41, 5.74) is -0.00831. The van der Waals surface area contributed by atoms with Gasteiger partial charge in [0.05, 0.1) is 0 Å². The fraction of sp³-hybridized carbons (Fsp3) is 0.800. The summed E-state index contributed by atoms with van der Waals surface area (Å²) in [6.45, 7) is 0.559. The van der Waals surface area contributed by atoms with E-state index in [4.69, 9.17) is 11.6 Å². The molecule has 0 aliphatic heterocycles. The van der Waals surface area contributed by atoms with Gasteiger partial charge in [0.25, 0.3) is 0 Å². The molecular formula is C10H13ClF3N3S. The van der Waals surface area contributed by atoms with E-state index in [1.807, 2.05) is 0 Å². The number of hydrogen-bond donors (Lipinski definition) is 1. The molecule has 0 unspecified atom stereocenters. The van der Waals surface area contributed by atoms with Crippen LogP contribution in [0.25, 0.3) is 0 Å². The monoisotopic (exact) mass is 299 g/mol. The van der Waals surface area contributed by atoms with E-state index in [0.717, 1.165) is 25.7 Å². The van der Waals surface area contributed by atoms with Crippen molar-refractivity contribution in [1.82, 2.24) is 10.2 Å². The van der Waals surface area contributed by atoms with Crippen LogP contribution in [-0.2, 0) is 6.18 Å². The Labute approximate surface area is 112 Å². The van der Waals surface area contributed by atoms with E-state index in [-0.39, 0.29) is 10.5 Å². The quantitative estimate of drug-likeness (QED) is 0.860. The zero-order valence-electron chi connectivity index (χ0n) is 9.56. The van der Waals surface area contributed by atoms with Crippen LogP contribution in [0.1, 0.15) is 30.7 Å². The molecule has 2 rings (SSSR count). The maximum atomic E-state index is 12.3. The summed E-state index contributed by atoms with van der Waals surface area (Å²) < 4.78 is 37.0. The molecule has 1 aliphatic rings. The van der Waals surface area contributed by atoms with Gasteiger partial charge in [0.15, 0.2) is 0 Å². The number of alkyl halides is 4. The summed E-state index contributed by atoms with van der Waals surface area (Å²) in [7, 11) is 0. The molecule has 1 aliphatic carbocycles. The number of hydrogen-bond acceptors (Lipinski definition) is 4. The van der Waals surface area contributed by atoms with Gasteiger partial charge in [0.2, 0.25) is 10.1 Å². The predicted octanol–water partition coefficient (Wildman–Crippen LogP) is 3.77. The van der Waals surface area contributed by atoms with Crippen molar-refractivity contribution in [3.8, 4) is 0 Å². The van der Waals surface area contributed by atoms with Gasteiger partial charge in [-0.05, 0) is 12.8 Å². The van der Waals surface area contributed by atoms with E-state index in [1.54, 1.807) is 0 Å². The van der Waals surface area contributed by atoms with Crippen molar-refractivity contribution in [2.75, 3.05) is 17.7 Å². The molecule has 0 aromatic carbocycles. The molecule has 1 aromatic heterocycles. The van der Waals surface area contributed by atoms with Crippen molar-refractivity contribution in [1.29, 1.82) is 0 Å². The molecule has 3 nitrogen and oxygen atoms in total. The lowest BCUT2D eigenvalue weighted by Gasteiger charge is -2.26. The van der Waals surface area contributed by atoms with Crippen LogP contribution in [-0.4, -0.2) is 22.6 Å². The summed E-state index contributed by atoms with van der Waals surface area (Å²) in [5.74, 6) is 0.519. The third-order valence-corrected chi connectivity index (χ3v) is 4.72. The Morgan fingerprint density at radius 2 is 1.94 bits per heavy atom. The van der Waals surface area contributed by atoms with Gasteiger partial charge in [-0.15, -0.1) is 21.8 Å². The Morgan fingerprint density at radius 3 is 2.44 bits per heavy atom. The molecule has 18 heavy (non-hydrogen) atoms. The largest absolute Gasteiger partial charge is 0.445 e. The first-order valence-electron chi connectivity index (χ1n) is 5.66. The van der Waals surface area contributed by atoms with Gasteiger partial charge in [-0.1, -0.05) is 24.2 Å². The van der Waals surface area contributed by atoms with Gasteiger partial charge in [-0.2, -0.15) is 13.2 Å². The van der Waals surface area contributed by atoms with E-state index in [1.165, 1.54) is 0 Å². The summed E-state index contributed by atoms with van der Waals surface area (Å²) in [6, 6.07) is 0. The van der Waals surface area contributed by atoms with Crippen LogP contribution < -0.4 is 5.32 Å². The van der Waals surface area contributed by atoms with Crippen LogP contribution in [0.5, 0.6) is 0 Å². The molecule has 0 radical (unpaired) electrons. The average Bonchev–Trinajstić information content (AvgIpc) is 2.96. The maximum absolute atomic E-state index is 12.3. The lowest BCUT2D eigenvalue weighted by molar-refractivity contribution is -0.138. The SMILES string of the molecule is FC(F)(F)c1nnc(NCC2(CCl)CCCC2)s1. The molecule has 8 heteroatoms. The first-order chi connectivity index (χ1) is 8.45. The number of rotatable bonds is 4. The van der Waals surface area contributed by atoms with E-state index < -0.39 is 11.2 Å². The molecule has 0 amide bonds. The highest BCUT2D eigenvalue weighted by molar-refractivity contribution is 7.15. The summed E-state index contributed by atoms with van der Waals surface area (Å²) in [6.07, 6.45) is -0.158. The Hall–Kier alpha value is -0.560. The Balaban J connectivity index is 1.96. The Kier molecular flexibility index (Phi) is 4.01. The summed E-state index contributed by atoms with van der Waals surface area (Å²) in [4.78, 5) is 0. The predicted molar refractivity (Wildman–Crippen MR) is 65.0 cm³/mol. The smallest absolute Gasteiger partial charge is 0.359 e. The van der Waals surface area contributed by atoms with Crippen LogP contribution in [0.2, 0.25) is 0 Å². The lowest BCUT2D eigenvalue weighted by Crippen LogP contribution is -2.28. The van der Waals surface area contributed by atoms with Crippen molar-refractivity contribution >= 4 is 28.1 Å². The number of anilines is 1. The minimum absolute atomic E-state index is 0.00831. The Morgan fingerprint density at radius 1 is 1.28 bits per heavy atom. The first kappa shape index (κ1) is 13.9.